The van der Waals surface area contributed by atoms with Crippen molar-refractivity contribution in [1.29, 1.82) is 0 Å². The van der Waals surface area contributed by atoms with Gasteiger partial charge in [0.05, 0.1) is 35.8 Å². The van der Waals surface area contributed by atoms with Gasteiger partial charge in [-0.15, -0.1) is 24.9 Å². The van der Waals surface area contributed by atoms with Crippen molar-refractivity contribution in [1.82, 2.24) is 9.80 Å². The number of nitrogens with zero attached hydrogens (tertiary/aromatic N) is 2. The van der Waals surface area contributed by atoms with Crippen LogP contribution in [0.4, 0.5) is 0 Å². The number of carbonyl (C=O) groups is 3. The van der Waals surface area contributed by atoms with Crippen LogP contribution in [0.15, 0.2) is 25.3 Å². The number of amides is 2. The molecule has 8 atom stereocenters. The van der Waals surface area contributed by atoms with Crippen LogP contribution in [0.5, 0.6) is 0 Å². The summed E-state index contributed by atoms with van der Waals surface area (Å²) in [6.45, 7) is 13.8. The highest BCUT2D eigenvalue weighted by Gasteiger charge is 2.76. The number of allylic oxidation sites excluding steroid dienone is 1. The predicted molar refractivity (Wildman–Crippen MR) is 142 cm³/mol. The molecular weight excluding hydrogens is 532 g/mol. The highest BCUT2D eigenvalue weighted by Crippen LogP contribution is 2.68. The minimum Gasteiger partial charge on any atom is -0.465 e. The molecule has 0 aromatic carbocycles. The molecule has 2 bridgehead atoms. The first-order valence-corrected chi connectivity index (χ1v) is 14.4. The maximum Gasteiger partial charge on any atom is 0.310 e. The van der Waals surface area contributed by atoms with Crippen LogP contribution in [0.2, 0.25) is 0 Å². The van der Waals surface area contributed by atoms with E-state index in [4.69, 9.17) is 4.74 Å². The molecule has 7 nitrogen and oxygen atoms in total. The first-order chi connectivity index (χ1) is 16.7. The zero-order chi connectivity index (χ0) is 25.9. The molecule has 3 saturated heterocycles. The number of aliphatic hydroxyl groups is 1. The summed E-state index contributed by atoms with van der Waals surface area (Å²) in [7, 11) is 0. The van der Waals surface area contributed by atoms with E-state index in [0.29, 0.717) is 19.4 Å². The standard InChI is InChI=1S/C26H39BrN2O5S/c1-6-9-10-13-34-25(33)19-20-23(31)29(17(5)15-30)22(26(20)14-18(27)21(19)35-26)24(32)28(12-8-3)16(4)11-7-2/h6,8,16-22,30H,1,3,7,9-15H2,2,4-5H3/t16?,17-,18?,19-,20+,21-,22?,26?/m1/s1. The Labute approximate surface area is 221 Å². The van der Waals surface area contributed by atoms with Crippen molar-refractivity contribution in [2.45, 2.75) is 85.8 Å². The highest BCUT2D eigenvalue weighted by molar-refractivity contribution is 9.09. The summed E-state index contributed by atoms with van der Waals surface area (Å²) in [6, 6.07) is -1.31. The number of alkyl halides is 1. The summed E-state index contributed by atoms with van der Waals surface area (Å²) in [6.07, 6.45) is 7.29. The summed E-state index contributed by atoms with van der Waals surface area (Å²) in [5, 5.41) is 9.88. The number of hydrogen-bond donors (Lipinski definition) is 1. The van der Waals surface area contributed by atoms with Gasteiger partial charge in [-0.2, -0.15) is 0 Å². The number of esters is 1. The summed E-state index contributed by atoms with van der Waals surface area (Å²) < 4.78 is 4.86. The Balaban J connectivity index is 2.00. The van der Waals surface area contributed by atoms with E-state index in [-0.39, 0.29) is 47.1 Å². The molecule has 2 amide bonds. The molecule has 196 valence electrons. The highest BCUT2D eigenvalue weighted by atomic mass is 79.9. The zero-order valence-corrected chi connectivity index (χ0v) is 23.4. The second-order valence-corrected chi connectivity index (χ2v) is 12.7. The second-order valence-electron chi connectivity index (χ2n) is 9.96. The normalized spacial score (nSPS) is 32.8. The minimum atomic E-state index is -0.755. The molecule has 4 unspecified atom stereocenters. The minimum absolute atomic E-state index is 0.0112. The molecular formula is C26H39BrN2O5S. The molecule has 0 radical (unpaired) electrons. The van der Waals surface area contributed by atoms with Gasteiger partial charge in [0, 0.05) is 22.7 Å². The topological polar surface area (TPSA) is 87.2 Å². The summed E-state index contributed by atoms with van der Waals surface area (Å²) >= 11 is 5.35. The maximum atomic E-state index is 14.2. The van der Waals surface area contributed by atoms with Crippen molar-refractivity contribution in [3.05, 3.63) is 25.3 Å². The SMILES string of the molecule is C=CCCCOC(=O)[C@H]1[C@@H]2SC3(CC2Br)C(C(=O)N(CC=C)C(C)CCC)N([C@H](C)CO)C(=O)[C@H]13. The van der Waals surface area contributed by atoms with E-state index < -0.39 is 28.7 Å². The third kappa shape index (κ3) is 4.97. The van der Waals surface area contributed by atoms with E-state index in [0.717, 1.165) is 19.3 Å². The first kappa shape index (κ1) is 28.3. The molecule has 9 heteroatoms. The van der Waals surface area contributed by atoms with Crippen LogP contribution in [-0.4, -0.2) is 85.4 Å². The fourth-order valence-electron chi connectivity index (χ4n) is 6.03. The Hall–Kier alpha value is -1.32. The molecule has 3 aliphatic rings. The van der Waals surface area contributed by atoms with Crippen molar-refractivity contribution >= 4 is 45.5 Å². The molecule has 3 fully saturated rings. The number of rotatable bonds is 13. The Morgan fingerprint density at radius 1 is 1.37 bits per heavy atom. The van der Waals surface area contributed by atoms with Crippen LogP contribution < -0.4 is 0 Å². The lowest BCUT2D eigenvalue weighted by Gasteiger charge is -2.40. The van der Waals surface area contributed by atoms with Gasteiger partial charge in [0.2, 0.25) is 11.8 Å². The van der Waals surface area contributed by atoms with E-state index in [1.54, 1.807) is 40.6 Å². The van der Waals surface area contributed by atoms with Gasteiger partial charge in [0.1, 0.15) is 6.04 Å². The van der Waals surface area contributed by atoms with Crippen LogP contribution in [-0.2, 0) is 19.1 Å². The van der Waals surface area contributed by atoms with Crippen molar-refractivity contribution in [3.8, 4) is 0 Å². The largest absolute Gasteiger partial charge is 0.465 e. The Morgan fingerprint density at radius 2 is 2.09 bits per heavy atom. The number of unbranched alkanes of at least 4 members (excludes halogenated alkanes) is 1. The van der Waals surface area contributed by atoms with Gasteiger partial charge >= 0.3 is 5.97 Å². The molecule has 3 rings (SSSR count). The van der Waals surface area contributed by atoms with E-state index >= 15 is 0 Å². The average molecular weight is 572 g/mol. The van der Waals surface area contributed by atoms with Crippen LogP contribution in [0.3, 0.4) is 0 Å². The average Bonchev–Trinajstić information content (AvgIpc) is 3.42. The molecule has 35 heavy (non-hydrogen) atoms. The van der Waals surface area contributed by atoms with Gasteiger partial charge in [0.15, 0.2) is 0 Å². The fraction of sp³-hybridized carbons (Fsp3) is 0.731. The van der Waals surface area contributed by atoms with Crippen molar-refractivity contribution < 1.29 is 24.2 Å². The predicted octanol–water partition coefficient (Wildman–Crippen LogP) is 3.54. The summed E-state index contributed by atoms with van der Waals surface area (Å²) in [5.74, 6) is -2.00. The molecule has 0 aromatic rings. The van der Waals surface area contributed by atoms with Crippen molar-refractivity contribution in [2.75, 3.05) is 19.8 Å². The fourth-order valence-corrected chi connectivity index (χ4v) is 9.61. The number of likely N-dealkylation sites (tertiary alicyclic amines) is 1. The second kappa shape index (κ2) is 11.8. The van der Waals surface area contributed by atoms with Crippen LogP contribution in [0.1, 0.15) is 52.9 Å². The Kier molecular flexibility index (Phi) is 9.54. The summed E-state index contributed by atoms with van der Waals surface area (Å²) in [4.78, 5) is 44.8. The van der Waals surface area contributed by atoms with E-state index in [1.165, 1.54) is 0 Å². The van der Waals surface area contributed by atoms with Crippen LogP contribution in [0.25, 0.3) is 0 Å². The number of ether oxygens (including phenoxy) is 1. The van der Waals surface area contributed by atoms with Gasteiger partial charge in [-0.25, -0.2) is 0 Å². The first-order valence-electron chi connectivity index (χ1n) is 12.6. The number of fused-ring (bicyclic) bond motifs is 1. The lowest BCUT2D eigenvalue weighted by atomic mass is 9.71. The molecule has 0 aromatic heterocycles. The number of hydrogen-bond acceptors (Lipinski definition) is 6. The van der Waals surface area contributed by atoms with E-state index in [1.807, 2.05) is 6.92 Å². The zero-order valence-electron chi connectivity index (χ0n) is 21.0. The van der Waals surface area contributed by atoms with E-state index in [2.05, 4.69) is 36.0 Å². The lowest BCUT2D eigenvalue weighted by molar-refractivity contribution is -0.154. The number of carbonyl (C=O) groups excluding carboxylic acids is 3. The third-order valence-electron chi connectivity index (χ3n) is 7.62. The molecule has 1 spiro atoms. The third-order valence-corrected chi connectivity index (χ3v) is 10.8. The van der Waals surface area contributed by atoms with Gasteiger partial charge < -0.3 is 19.6 Å². The van der Waals surface area contributed by atoms with Crippen LogP contribution in [0, 0.1) is 11.8 Å². The van der Waals surface area contributed by atoms with Gasteiger partial charge in [0.25, 0.3) is 0 Å². The van der Waals surface area contributed by atoms with Gasteiger partial charge in [-0.05, 0) is 39.5 Å². The smallest absolute Gasteiger partial charge is 0.310 e. The Morgan fingerprint density at radius 3 is 2.69 bits per heavy atom. The van der Waals surface area contributed by atoms with Gasteiger partial charge in [-0.1, -0.05) is 41.4 Å². The van der Waals surface area contributed by atoms with E-state index in [9.17, 15) is 19.5 Å². The van der Waals surface area contributed by atoms with Crippen molar-refractivity contribution in [2.24, 2.45) is 11.8 Å². The lowest BCUT2D eigenvalue weighted by Crippen LogP contribution is -2.58. The van der Waals surface area contributed by atoms with Crippen molar-refractivity contribution in [3.63, 3.8) is 0 Å². The molecule has 0 aliphatic carbocycles. The van der Waals surface area contributed by atoms with Crippen LogP contribution >= 0.6 is 27.7 Å². The number of thioether (sulfide) groups is 1. The molecule has 3 heterocycles. The molecule has 3 aliphatic heterocycles. The monoisotopic (exact) mass is 570 g/mol. The van der Waals surface area contributed by atoms with Gasteiger partial charge in [-0.3, -0.25) is 14.4 Å². The quantitative estimate of drug-likeness (QED) is 0.158. The molecule has 1 N–H and O–H groups in total. The maximum absolute atomic E-state index is 14.2. The number of aliphatic hydroxyl groups excluding tert-OH is 1. The Bertz CT molecular complexity index is 841. The molecule has 0 saturated carbocycles. The summed E-state index contributed by atoms with van der Waals surface area (Å²) in [5.41, 5.74) is 0. The number of halogens is 1.